The highest BCUT2D eigenvalue weighted by molar-refractivity contribution is 7.80. The number of hydrogen-bond donors (Lipinski definition) is 1. The van der Waals surface area contributed by atoms with Gasteiger partial charge in [0, 0.05) is 6.04 Å². The zero-order valence-corrected chi connectivity index (χ0v) is 10.3. The average Bonchev–Trinajstić information content (AvgIpc) is 2.09. The lowest BCUT2D eigenvalue weighted by Gasteiger charge is -2.41. The van der Waals surface area contributed by atoms with Gasteiger partial charge >= 0.3 is 0 Å². The first-order valence-corrected chi connectivity index (χ1v) is 6.02. The van der Waals surface area contributed by atoms with Gasteiger partial charge in [0.25, 0.3) is 0 Å². The zero-order valence-electron chi connectivity index (χ0n) is 9.49. The fraction of sp³-hybridized carbons (Fsp3) is 0.909. The van der Waals surface area contributed by atoms with Crippen molar-refractivity contribution in [2.24, 2.45) is 11.7 Å². The normalized spacial score (nSPS) is 31.4. The van der Waals surface area contributed by atoms with Crippen LogP contribution in [0.3, 0.4) is 0 Å². The Morgan fingerprint density at radius 1 is 1.57 bits per heavy atom. The van der Waals surface area contributed by atoms with E-state index < -0.39 is 0 Å². The summed E-state index contributed by atoms with van der Waals surface area (Å²) < 4.78 is 0. The summed E-state index contributed by atoms with van der Waals surface area (Å²) in [6.45, 7) is 7.93. The van der Waals surface area contributed by atoms with Gasteiger partial charge in [0.1, 0.15) is 0 Å². The Kier molecular flexibility index (Phi) is 4.32. The van der Waals surface area contributed by atoms with Crippen molar-refractivity contribution >= 4 is 17.2 Å². The number of thiocarbonyl (C=S) groups is 1. The molecule has 0 radical (unpaired) electrons. The summed E-state index contributed by atoms with van der Waals surface area (Å²) in [5.74, 6) is 0.852. The van der Waals surface area contributed by atoms with Gasteiger partial charge in [-0.3, -0.25) is 4.90 Å². The Balaban J connectivity index is 2.62. The fourth-order valence-electron chi connectivity index (χ4n) is 2.49. The Labute approximate surface area is 92.8 Å². The number of nitrogens with zero attached hydrogens (tertiary/aromatic N) is 1. The molecule has 0 bridgehead atoms. The van der Waals surface area contributed by atoms with Crippen molar-refractivity contribution in [3.63, 3.8) is 0 Å². The molecule has 0 aromatic heterocycles. The van der Waals surface area contributed by atoms with Crippen LogP contribution in [0.2, 0.25) is 0 Å². The highest BCUT2D eigenvalue weighted by Crippen LogP contribution is 2.24. The lowest BCUT2D eigenvalue weighted by Crippen LogP contribution is -2.51. The largest absolute Gasteiger partial charge is 0.392 e. The van der Waals surface area contributed by atoms with E-state index in [1.54, 1.807) is 0 Å². The van der Waals surface area contributed by atoms with Gasteiger partial charge in [-0.05, 0) is 38.6 Å². The molecule has 0 aromatic rings. The predicted molar refractivity (Wildman–Crippen MR) is 65.4 cm³/mol. The Bertz CT molecular complexity index is 205. The third kappa shape index (κ3) is 2.67. The van der Waals surface area contributed by atoms with Gasteiger partial charge in [0.15, 0.2) is 0 Å². The Morgan fingerprint density at radius 3 is 2.64 bits per heavy atom. The first-order chi connectivity index (χ1) is 6.56. The molecule has 0 saturated carbocycles. The van der Waals surface area contributed by atoms with Gasteiger partial charge in [-0.1, -0.05) is 26.1 Å². The molecule has 0 aromatic carbocycles. The van der Waals surface area contributed by atoms with Crippen molar-refractivity contribution in [3.8, 4) is 0 Å². The summed E-state index contributed by atoms with van der Waals surface area (Å²) in [4.78, 5) is 3.14. The first kappa shape index (κ1) is 11.9. The summed E-state index contributed by atoms with van der Waals surface area (Å²) >= 11 is 5.12. The maximum absolute atomic E-state index is 5.76. The highest BCUT2D eigenvalue weighted by Gasteiger charge is 2.28. The monoisotopic (exact) mass is 214 g/mol. The average molecular weight is 214 g/mol. The molecule has 0 spiro atoms. The molecule has 3 unspecified atom stereocenters. The van der Waals surface area contributed by atoms with Crippen LogP contribution in [0.4, 0.5) is 0 Å². The second kappa shape index (κ2) is 5.08. The van der Waals surface area contributed by atoms with E-state index >= 15 is 0 Å². The minimum absolute atomic E-state index is 0.312. The van der Waals surface area contributed by atoms with E-state index in [0.29, 0.717) is 17.1 Å². The van der Waals surface area contributed by atoms with Crippen molar-refractivity contribution in [2.75, 3.05) is 6.54 Å². The minimum atomic E-state index is 0.312. The van der Waals surface area contributed by atoms with E-state index in [-0.39, 0.29) is 0 Å². The third-order valence-corrected chi connectivity index (χ3v) is 3.58. The van der Waals surface area contributed by atoms with E-state index in [4.69, 9.17) is 18.0 Å². The second-order valence-electron chi connectivity index (χ2n) is 4.54. The zero-order chi connectivity index (χ0) is 10.7. The van der Waals surface area contributed by atoms with Crippen LogP contribution >= 0.6 is 12.2 Å². The van der Waals surface area contributed by atoms with E-state index in [0.717, 1.165) is 18.9 Å². The lowest BCUT2D eigenvalue weighted by molar-refractivity contribution is 0.108. The van der Waals surface area contributed by atoms with E-state index in [1.165, 1.54) is 12.8 Å². The number of rotatable bonds is 3. The molecule has 1 fully saturated rings. The third-order valence-electron chi connectivity index (χ3n) is 3.31. The molecular formula is C11H22N2S. The molecule has 2 N–H and O–H groups in total. The van der Waals surface area contributed by atoms with Gasteiger partial charge in [0.2, 0.25) is 0 Å². The number of hydrogen-bond acceptors (Lipinski definition) is 2. The number of nitrogens with two attached hydrogens (primary N) is 1. The molecule has 0 amide bonds. The standard InChI is InChI=1S/C11H22N2S/c1-4-10(11(12)14)13-6-5-8(2)7-9(13)3/h8-10H,4-7H2,1-3H3,(H2,12,14). The van der Waals surface area contributed by atoms with Crippen molar-refractivity contribution in [1.82, 2.24) is 4.90 Å². The van der Waals surface area contributed by atoms with Gasteiger partial charge in [-0.25, -0.2) is 0 Å². The Hall–Kier alpha value is -0.150. The van der Waals surface area contributed by atoms with Crippen molar-refractivity contribution in [2.45, 2.75) is 52.1 Å². The second-order valence-corrected chi connectivity index (χ2v) is 5.01. The molecule has 14 heavy (non-hydrogen) atoms. The predicted octanol–water partition coefficient (Wildman–Crippen LogP) is 2.17. The maximum Gasteiger partial charge on any atom is 0.0902 e. The van der Waals surface area contributed by atoms with Crippen LogP contribution in [-0.2, 0) is 0 Å². The van der Waals surface area contributed by atoms with Gasteiger partial charge < -0.3 is 5.73 Å². The number of piperidine rings is 1. The SMILES string of the molecule is CCC(C(N)=S)N1CCC(C)CC1C. The molecule has 1 saturated heterocycles. The molecule has 1 heterocycles. The van der Waals surface area contributed by atoms with Crippen LogP contribution in [-0.4, -0.2) is 28.5 Å². The van der Waals surface area contributed by atoms with Crippen LogP contribution in [0.5, 0.6) is 0 Å². The minimum Gasteiger partial charge on any atom is -0.392 e. The van der Waals surface area contributed by atoms with Gasteiger partial charge in [0.05, 0.1) is 11.0 Å². The number of likely N-dealkylation sites (tertiary alicyclic amines) is 1. The molecule has 1 aliphatic rings. The van der Waals surface area contributed by atoms with Crippen LogP contribution in [0.25, 0.3) is 0 Å². The Morgan fingerprint density at radius 2 is 2.21 bits per heavy atom. The van der Waals surface area contributed by atoms with Crippen LogP contribution in [0.15, 0.2) is 0 Å². The van der Waals surface area contributed by atoms with Crippen molar-refractivity contribution in [3.05, 3.63) is 0 Å². The molecule has 2 nitrogen and oxygen atoms in total. The highest BCUT2D eigenvalue weighted by atomic mass is 32.1. The van der Waals surface area contributed by atoms with Crippen molar-refractivity contribution < 1.29 is 0 Å². The van der Waals surface area contributed by atoms with Crippen LogP contribution in [0, 0.1) is 5.92 Å². The van der Waals surface area contributed by atoms with Gasteiger partial charge in [-0.15, -0.1) is 0 Å². The van der Waals surface area contributed by atoms with E-state index in [2.05, 4.69) is 25.7 Å². The summed E-state index contributed by atoms with van der Waals surface area (Å²) in [7, 11) is 0. The quantitative estimate of drug-likeness (QED) is 0.730. The molecule has 82 valence electrons. The summed E-state index contributed by atoms with van der Waals surface area (Å²) in [6.07, 6.45) is 3.59. The van der Waals surface area contributed by atoms with Gasteiger partial charge in [-0.2, -0.15) is 0 Å². The smallest absolute Gasteiger partial charge is 0.0902 e. The molecule has 1 rings (SSSR count). The summed E-state index contributed by atoms with van der Waals surface area (Å²) in [5.41, 5.74) is 5.76. The molecule has 3 heteroatoms. The molecule has 0 aliphatic carbocycles. The molecule has 1 aliphatic heterocycles. The molecule has 3 atom stereocenters. The first-order valence-electron chi connectivity index (χ1n) is 5.61. The topological polar surface area (TPSA) is 29.3 Å². The van der Waals surface area contributed by atoms with E-state index in [9.17, 15) is 0 Å². The van der Waals surface area contributed by atoms with E-state index in [1.807, 2.05) is 0 Å². The molecular weight excluding hydrogens is 192 g/mol. The van der Waals surface area contributed by atoms with Crippen LogP contribution < -0.4 is 5.73 Å². The summed E-state index contributed by atoms with van der Waals surface area (Å²) in [5, 5.41) is 0. The lowest BCUT2D eigenvalue weighted by atomic mass is 9.91. The fourth-order valence-corrected chi connectivity index (χ4v) is 2.79. The summed E-state index contributed by atoms with van der Waals surface area (Å²) in [6, 6.07) is 0.942. The van der Waals surface area contributed by atoms with Crippen molar-refractivity contribution in [1.29, 1.82) is 0 Å². The van der Waals surface area contributed by atoms with Crippen LogP contribution in [0.1, 0.15) is 40.0 Å². The maximum atomic E-state index is 5.76.